The van der Waals surface area contributed by atoms with Gasteiger partial charge in [0.25, 0.3) is 0 Å². The van der Waals surface area contributed by atoms with E-state index in [-0.39, 0.29) is 18.3 Å². The van der Waals surface area contributed by atoms with E-state index >= 15 is 0 Å². The number of ether oxygens (including phenoxy) is 1. The van der Waals surface area contributed by atoms with E-state index in [0.29, 0.717) is 6.42 Å². The fraction of sp³-hybridized carbons (Fsp3) is 0.727. The molecule has 0 aliphatic rings. The Morgan fingerprint density at radius 3 is 2.56 bits per heavy atom. The lowest BCUT2D eigenvalue weighted by Crippen LogP contribution is -2.17. The number of nitrogens with zero attached hydrogens (tertiary/aromatic N) is 1. The Morgan fingerprint density at radius 2 is 2.06 bits per heavy atom. The minimum atomic E-state index is -0.472. The third-order valence-electron chi connectivity index (χ3n) is 2.30. The molecule has 92 valence electrons. The van der Waals surface area contributed by atoms with Crippen LogP contribution in [0.25, 0.3) is 0 Å². The van der Waals surface area contributed by atoms with Crippen molar-refractivity contribution in [3.8, 4) is 0 Å². The Balaban J connectivity index is 4.04. The summed E-state index contributed by atoms with van der Waals surface area (Å²) in [7, 11) is 1.35. The summed E-state index contributed by atoms with van der Waals surface area (Å²) >= 11 is 0. The van der Waals surface area contributed by atoms with Crippen LogP contribution in [0.3, 0.4) is 0 Å². The number of carbonyl (C=O) groups excluding carboxylic acids is 2. The first-order chi connectivity index (χ1) is 7.65. The highest BCUT2D eigenvalue weighted by Crippen LogP contribution is 2.16. The van der Waals surface area contributed by atoms with Gasteiger partial charge in [-0.25, -0.2) is 4.79 Å². The first kappa shape index (κ1) is 14.6. The van der Waals surface area contributed by atoms with Gasteiger partial charge in [0, 0.05) is 13.1 Å². The number of esters is 1. The molecule has 0 radical (unpaired) electrons. The predicted octanol–water partition coefficient (Wildman–Crippen LogP) is 1.90. The number of hydrogen-bond acceptors (Lipinski definition) is 5. The molecular weight excluding hydrogens is 210 g/mol. The Labute approximate surface area is 95.8 Å². The zero-order chi connectivity index (χ0) is 12.4. The molecule has 0 bridgehead atoms. The van der Waals surface area contributed by atoms with E-state index in [4.69, 9.17) is 0 Å². The van der Waals surface area contributed by atoms with Gasteiger partial charge in [-0.1, -0.05) is 24.9 Å². The van der Waals surface area contributed by atoms with Gasteiger partial charge in [-0.3, -0.25) is 4.79 Å². The molecule has 0 amide bonds. The molecule has 0 aromatic carbocycles. The maximum absolute atomic E-state index is 11.4. The number of rotatable bonds is 8. The second-order valence-corrected chi connectivity index (χ2v) is 3.49. The van der Waals surface area contributed by atoms with E-state index in [2.05, 4.69) is 21.4 Å². The minimum absolute atomic E-state index is 0.155. The zero-order valence-corrected chi connectivity index (χ0v) is 9.90. The van der Waals surface area contributed by atoms with Crippen LogP contribution in [0.2, 0.25) is 0 Å². The average molecular weight is 229 g/mol. The predicted molar refractivity (Wildman–Crippen MR) is 59.9 cm³/mol. The Hall–Kier alpha value is -1.39. The van der Waals surface area contributed by atoms with Crippen LogP contribution in [-0.2, 0) is 19.2 Å². The minimum Gasteiger partial charge on any atom is -0.469 e. The highest BCUT2D eigenvalue weighted by Gasteiger charge is 2.20. The SMILES string of the molecule is C=NOC(=O)CCC(CCCC)C(=O)OC. The summed E-state index contributed by atoms with van der Waals surface area (Å²) in [6.07, 6.45) is 3.27. The van der Waals surface area contributed by atoms with Gasteiger partial charge in [0.15, 0.2) is 0 Å². The monoisotopic (exact) mass is 229 g/mol. The first-order valence-corrected chi connectivity index (χ1v) is 5.39. The normalized spacial score (nSPS) is 11.6. The number of oxime groups is 1. The van der Waals surface area contributed by atoms with E-state index < -0.39 is 5.97 Å². The van der Waals surface area contributed by atoms with Crippen molar-refractivity contribution in [3.63, 3.8) is 0 Å². The number of methoxy groups -OCH3 is 1. The molecule has 1 atom stereocenters. The smallest absolute Gasteiger partial charge is 0.335 e. The third kappa shape index (κ3) is 6.16. The van der Waals surface area contributed by atoms with E-state index in [1.165, 1.54) is 7.11 Å². The molecule has 0 rings (SSSR count). The van der Waals surface area contributed by atoms with Crippen LogP contribution in [0.1, 0.15) is 39.0 Å². The van der Waals surface area contributed by atoms with Gasteiger partial charge in [0.05, 0.1) is 13.0 Å². The van der Waals surface area contributed by atoms with Crippen LogP contribution < -0.4 is 0 Å². The first-order valence-electron chi connectivity index (χ1n) is 5.39. The Morgan fingerprint density at radius 1 is 1.38 bits per heavy atom. The molecule has 16 heavy (non-hydrogen) atoms. The van der Waals surface area contributed by atoms with Crippen molar-refractivity contribution >= 4 is 18.7 Å². The Bertz CT molecular complexity index is 240. The summed E-state index contributed by atoms with van der Waals surface area (Å²) < 4.78 is 4.67. The van der Waals surface area contributed by atoms with Gasteiger partial charge in [0.2, 0.25) is 0 Å². The number of carbonyl (C=O) groups is 2. The van der Waals surface area contributed by atoms with Crippen molar-refractivity contribution in [2.24, 2.45) is 11.1 Å². The molecule has 0 aromatic rings. The van der Waals surface area contributed by atoms with Crippen LogP contribution >= 0.6 is 0 Å². The second-order valence-electron chi connectivity index (χ2n) is 3.49. The maximum Gasteiger partial charge on any atom is 0.335 e. The highest BCUT2D eigenvalue weighted by molar-refractivity contribution is 5.74. The molecule has 0 aromatic heterocycles. The third-order valence-corrected chi connectivity index (χ3v) is 2.30. The van der Waals surface area contributed by atoms with Crippen molar-refractivity contribution in [1.82, 2.24) is 0 Å². The number of unbranched alkanes of at least 4 members (excludes halogenated alkanes) is 1. The lowest BCUT2D eigenvalue weighted by Gasteiger charge is -2.12. The molecule has 0 saturated carbocycles. The van der Waals surface area contributed by atoms with Crippen molar-refractivity contribution in [2.45, 2.75) is 39.0 Å². The highest BCUT2D eigenvalue weighted by atomic mass is 16.7. The van der Waals surface area contributed by atoms with Crippen LogP contribution in [0, 0.1) is 5.92 Å². The zero-order valence-electron chi connectivity index (χ0n) is 9.90. The molecular formula is C11H19NO4. The van der Waals surface area contributed by atoms with Gasteiger partial charge in [-0.2, -0.15) is 0 Å². The van der Waals surface area contributed by atoms with E-state index in [1.54, 1.807) is 0 Å². The van der Waals surface area contributed by atoms with Crippen LogP contribution in [0.4, 0.5) is 0 Å². The lowest BCUT2D eigenvalue weighted by atomic mass is 9.97. The van der Waals surface area contributed by atoms with Crippen molar-refractivity contribution in [1.29, 1.82) is 0 Å². The molecule has 0 spiro atoms. The molecule has 5 heteroatoms. The fourth-order valence-electron chi connectivity index (χ4n) is 1.41. The summed E-state index contributed by atoms with van der Waals surface area (Å²) in [5.74, 6) is -0.976. The van der Waals surface area contributed by atoms with Crippen molar-refractivity contribution < 1.29 is 19.2 Å². The molecule has 0 N–H and O–H groups in total. The van der Waals surface area contributed by atoms with Crippen molar-refractivity contribution in [2.75, 3.05) is 7.11 Å². The van der Waals surface area contributed by atoms with Crippen molar-refractivity contribution in [3.05, 3.63) is 0 Å². The summed E-state index contributed by atoms with van der Waals surface area (Å²) in [5.41, 5.74) is 0. The molecule has 0 saturated heterocycles. The van der Waals surface area contributed by atoms with Gasteiger partial charge in [0.1, 0.15) is 0 Å². The molecule has 0 aliphatic heterocycles. The summed E-state index contributed by atoms with van der Waals surface area (Å²) in [5, 5.41) is 3.03. The second kappa shape index (κ2) is 8.88. The Kier molecular flexibility index (Phi) is 8.11. The van der Waals surface area contributed by atoms with Crippen LogP contribution in [-0.4, -0.2) is 25.8 Å². The number of hydrogen-bond donors (Lipinski definition) is 0. The summed E-state index contributed by atoms with van der Waals surface area (Å²) in [6, 6.07) is 0. The molecule has 0 aliphatic carbocycles. The summed E-state index contributed by atoms with van der Waals surface area (Å²) in [4.78, 5) is 26.7. The largest absolute Gasteiger partial charge is 0.469 e. The van der Waals surface area contributed by atoms with Gasteiger partial charge in [-0.05, 0) is 12.8 Å². The fourth-order valence-corrected chi connectivity index (χ4v) is 1.41. The molecule has 0 fully saturated rings. The van der Waals surface area contributed by atoms with Gasteiger partial charge in [-0.15, -0.1) is 0 Å². The average Bonchev–Trinajstić information content (AvgIpc) is 2.28. The summed E-state index contributed by atoms with van der Waals surface area (Å²) in [6.45, 7) is 5.09. The van der Waals surface area contributed by atoms with E-state index in [0.717, 1.165) is 19.3 Å². The van der Waals surface area contributed by atoms with Crippen LogP contribution in [0.5, 0.6) is 0 Å². The van der Waals surface area contributed by atoms with Gasteiger partial charge >= 0.3 is 11.9 Å². The topological polar surface area (TPSA) is 65.0 Å². The maximum atomic E-state index is 11.4. The molecule has 0 heterocycles. The van der Waals surface area contributed by atoms with E-state index in [9.17, 15) is 9.59 Å². The van der Waals surface area contributed by atoms with E-state index in [1.807, 2.05) is 6.92 Å². The molecule has 5 nitrogen and oxygen atoms in total. The standard InChI is InChI=1S/C11H19NO4/c1-4-5-6-9(11(14)15-3)7-8-10(13)16-12-2/h9H,2,4-8H2,1,3H3. The van der Waals surface area contributed by atoms with Crippen LogP contribution in [0.15, 0.2) is 5.16 Å². The lowest BCUT2D eigenvalue weighted by molar-refractivity contribution is -0.147. The van der Waals surface area contributed by atoms with Gasteiger partial charge < -0.3 is 9.57 Å². The quantitative estimate of drug-likeness (QED) is 0.276. The molecule has 1 unspecified atom stereocenters.